The molecule has 0 atom stereocenters. The molecular formula is C13H14N2O4S. The number of hydrogen-bond donors (Lipinski definition) is 2. The van der Waals surface area contributed by atoms with Gasteiger partial charge in [-0.05, 0) is 24.6 Å². The van der Waals surface area contributed by atoms with E-state index in [2.05, 4.69) is 9.71 Å². The summed E-state index contributed by atoms with van der Waals surface area (Å²) in [7, 11) is -2.39. The minimum absolute atomic E-state index is 0.0353. The van der Waals surface area contributed by atoms with Crippen molar-refractivity contribution in [2.24, 2.45) is 0 Å². The van der Waals surface area contributed by atoms with Crippen molar-refractivity contribution >= 4 is 15.7 Å². The van der Waals surface area contributed by atoms with Crippen LogP contribution in [-0.2, 0) is 10.0 Å². The Labute approximate surface area is 116 Å². The van der Waals surface area contributed by atoms with E-state index < -0.39 is 10.0 Å². The molecule has 0 amide bonds. The van der Waals surface area contributed by atoms with E-state index in [0.29, 0.717) is 11.3 Å². The Bertz CT molecular complexity index is 781. The Morgan fingerprint density at radius 2 is 1.95 bits per heavy atom. The number of aryl methyl sites for hydroxylation is 1. The fourth-order valence-electron chi connectivity index (χ4n) is 1.72. The van der Waals surface area contributed by atoms with Gasteiger partial charge in [0.2, 0.25) is 5.56 Å². The second kappa shape index (κ2) is 5.38. The summed E-state index contributed by atoms with van der Waals surface area (Å²) in [6, 6.07) is 7.62. The van der Waals surface area contributed by atoms with Crippen LogP contribution in [0.1, 0.15) is 5.56 Å². The van der Waals surface area contributed by atoms with Gasteiger partial charge in [0.05, 0.1) is 12.8 Å². The predicted octanol–water partition coefficient (Wildman–Crippen LogP) is 1.49. The summed E-state index contributed by atoms with van der Waals surface area (Å²) < 4.78 is 32.1. The highest BCUT2D eigenvalue weighted by Crippen LogP contribution is 2.25. The first-order valence-corrected chi connectivity index (χ1v) is 7.27. The Kier molecular flexibility index (Phi) is 3.80. The number of aromatic nitrogens is 1. The molecule has 20 heavy (non-hydrogen) atoms. The summed E-state index contributed by atoms with van der Waals surface area (Å²) in [5.41, 5.74) is 0.561. The maximum Gasteiger partial charge on any atom is 0.265 e. The third kappa shape index (κ3) is 2.83. The summed E-state index contributed by atoms with van der Waals surface area (Å²) in [5, 5.41) is 0. The molecule has 106 valence electrons. The Morgan fingerprint density at radius 1 is 1.25 bits per heavy atom. The molecule has 1 aromatic carbocycles. The summed E-state index contributed by atoms with van der Waals surface area (Å²) >= 11 is 0. The van der Waals surface area contributed by atoms with E-state index in [1.807, 2.05) is 0 Å². The molecule has 0 aliphatic heterocycles. The molecule has 0 radical (unpaired) electrons. The normalized spacial score (nSPS) is 11.1. The predicted molar refractivity (Wildman–Crippen MR) is 75.6 cm³/mol. The van der Waals surface area contributed by atoms with E-state index >= 15 is 0 Å². The van der Waals surface area contributed by atoms with Gasteiger partial charge < -0.3 is 9.72 Å². The molecule has 0 fully saturated rings. The van der Waals surface area contributed by atoms with Crippen molar-refractivity contribution in [2.75, 3.05) is 11.8 Å². The summed E-state index contributed by atoms with van der Waals surface area (Å²) in [6.45, 7) is 1.65. The number of sulfonamides is 1. The van der Waals surface area contributed by atoms with Gasteiger partial charge in [0, 0.05) is 12.3 Å². The van der Waals surface area contributed by atoms with Crippen LogP contribution in [0.2, 0.25) is 0 Å². The quantitative estimate of drug-likeness (QED) is 0.894. The van der Waals surface area contributed by atoms with Gasteiger partial charge in [-0.1, -0.05) is 12.1 Å². The second-order valence-electron chi connectivity index (χ2n) is 4.15. The maximum absolute atomic E-state index is 12.3. The zero-order chi connectivity index (χ0) is 14.8. The molecule has 0 unspecified atom stereocenters. The van der Waals surface area contributed by atoms with Crippen LogP contribution in [0.4, 0.5) is 5.69 Å². The van der Waals surface area contributed by atoms with E-state index in [-0.39, 0.29) is 16.2 Å². The van der Waals surface area contributed by atoms with Gasteiger partial charge in [-0.15, -0.1) is 0 Å². The first-order valence-electron chi connectivity index (χ1n) is 5.79. The molecule has 2 rings (SSSR count). The molecule has 1 aromatic heterocycles. The molecular weight excluding hydrogens is 280 g/mol. The fraction of sp³-hybridized carbons (Fsp3) is 0.154. The number of rotatable bonds is 4. The fourth-order valence-corrected chi connectivity index (χ4v) is 3.02. The SMILES string of the molecule is COc1ccccc1S(=O)(=O)Nc1c[nH]c(=O)cc1C. The molecule has 7 heteroatoms. The van der Waals surface area contributed by atoms with Crippen LogP contribution in [0.25, 0.3) is 0 Å². The van der Waals surface area contributed by atoms with Crippen molar-refractivity contribution < 1.29 is 13.2 Å². The molecule has 2 aromatic rings. The molecule has 0 saturated heterocycles. The lowest BCUT2D eigenvalue weighted by atomic mass is 10.3. The molecule has 6 nitrogen and oxygen atoms in total. The lowest BCUT2D eigenvalue weighted by molar-refractivity contribution is 0.403. The number of hydrogen-bond acceptors (Lipinski definition) is 4. The standard InChI is InChI=1S/C13H14N2O4S/c1-9-7-13(16)14-8-10(9)15-20(17,18)12-6-4-3-5-11(12)19-2/h3-8,15H,1-2H3,(H,14,16). The highest BCUT2D eigenvalue weighted by atomic mass is 32.2. The van der Waals surface area contributed by atoms with Crippen LogP contribution >= 0.6 is 0 Å². The van der Waals surface area contributed by atoms with Crippen molar-refractivity contribution in [1.82, 2.24) is 4.98 Å². The third-order valence-electron chi connectivity index (χ3n) is 2.73. The third-order valence-corrected chi connectivity index (χ3v) is 4.14. The molecule has 0 saturated carbocycles. The van der Waals surface area contributed by atoms with E-state index in [1.165, 1.54) is 25.4 Å². The van der Waals surface area contributed by atoms with Crippen LogP contribution < -0.4 is 15.0 Å². The second-order valence-corrected chi connectivity index (χ2v) is 5.80. The highest BCUT2D eigenvalue weighted by Gasteiger charge is 2.19. The average Bonchev–Trinajstić information content (AvgIpc) is 2.42. The largest absolute Gasteiger partial charge is 0.495 e. The van der Waals surface area contributed by atoms with Crippen LogP contribution in [0.15, 0.2) is 46.2 Å². The zero-order valence-corrected chi connectivity index (χ0v) is 11.8. The van der Waals surface area contributed by atoms with Crippen molar-refractivity contribution in [3.63, 3.8) is 0 Å². The number of H-pyrrole nitrogens is 1. The average molecular weight is 294 g/mol. The summed E-state index contributed by atoms with van der Waals surface area (Å²) in [6.07, 6.45) is 1.32. The summed E-state index contributed by atoms with van der Waals surface area (Å²) in [4.78, 5) is 13.6. The number of ether oxygens (including phenoxy) is 1. The Morgan fingerprint density at radius 3 is 2.60 bits per heavy atom. The molecule has 1 heterocycles. The van der Waals surface area contributed by atoms with Gasteiger partial charge in [-0.2, -0.15) is 0 Å². The zero-order valence-electron chi connectivity index (χ0n) is 11.0. The van der Waals surface area contributed by atoms with Gasteiger partial charge in [0.15, 0.2) is 0 Å². The van der Waals surface area contributed by atoms with Gasteiger partial charge in [0.1, 0.15) is 10.6 Å². The van der Waals surface area contributed by atoms with Crippen LogP contribution in [0, 0.1) is 6.92 Å². The number of aromatic amines is 1. The van der Waals surface area contributed by atoms with Crippen molar-refractivity contribution in [1.29, 1.82) is 0 Å². The van der Waals surface area contributed by atoms with Crippen LogP contribution in [0.3, 0.4) is 0 Å². The minimum Gasteiger partial charge on any atom is -0.495 e. The number of methoxy groups -OCH3 is 1. The van der Waals surface area contributed by atoms with Gasteiger partial charge in [0.25, 0.3) is 10.0 Å². The van der Waals surface area contributed by atoms with E-state index in [4.69, 9.17) is 4.74 Å². The number of nitrogens with one attached hydrogen (secondary N) is 2. The number of anilines is 1. The lowest BCUT2D eigenvalue weighted by Gasteiger charge is -2.12. The van der Waals surface area contributed by atoms with Gasteiger partial charge in [-0.3, -0.25) is 9.52 Å². The summed E-state index contributed by atoms with van der Waals surface area (Å²) in [5.74, 6) is 0.252. The van der Waals surface area contributed by atoms with Crippen LogP contribution in [0.5, 0.6) is 5.75 Å². The molecule has 0 bridgehead atoms. The molecule has 0 aliphatic rings. The monoisotopic (exact) mass is 294 g/mol. The Hall–Kier alpha value is -2.28. The topological polar surface area (TPSA) is 88.3 Å². The van der Waals surface area contributed by atoms with E-state index in [1.54, 1.807) is 25.1 Å². The van der Waals surface area contributed by atoms with Gasteiger partial charge >= 0.3 is 0 Å². The Balaban J connectivity index is 2.43. The number of para-hydroxylation sites is 1. The minimum atomic E-state index is -3.79. The highest BCUT2D eigenvalue weighted by molar-refractivity contribution is 7.92. The van der Waals surface area contributed by atoms with Gasteiger partial charge in [-0.25, -0.2) is 8.42 Å². The number of pyridine rings is 1. The number of benzene rings is 1. The molecule has 2 N–H and O–H groups in total. The lowest BCUT2D eigenvalue weighted by Crippen LogP contribution is -2.16. The van der Waals surface area contributed by atoms with Crippen molar-refractivity contribution in [3.8, 4) is 5.75 Å². The smallest absolute Gasteiger partial charge is 0.265 e. The van der Waals surface area contributed by atoms with E-state index in [9.17, 15) is 13.2 Å². The molecule has 0 spiro atoms. The van der Waals surface area contributed by atoms with Crippen molar-refractivity contribution in [2.45, 2.75) is 11.8 Å². The maximum atomic E-state index is 12.3. The van der Waals surface area contributed by atoms with Crippen LogP contribution in [-0.4, -0.2) is 20.5 Å². The van der Waals surface area contributed by atoms with Crippen molar-refractivity contribution in [3.05, 3.63) is 52.4 Å². The first-order chi connectivity index (χ1) is 9.44. The van der Waals surface area contributed by atoms with E-state index in [0.717, 1.165) is 0 Å². The molecule has 0 aliphatic carbocycles. The first kappa shape index (κ1) is 14.1.